The summed E-state index contributed by atoms with van der Waals surface area (Å²) in [5.74, 6) is 2.73. The summed E-state index contributed by atoms with van der Waals surface area (Å²) in [5, 5.41) is 2.92. The molecule has 2 aromatic carbocycles. The first-order chi connectivity index (χ1) is 13.5. The third-order valence-corrected chi connectivity index (χ3v) is 4.37. The second-order valence-electron chi connectivity index (χ2n) is 6.10. The van der Waals surface area contributed by atoms with E-state index in [1.54, 1.807) is 41.6 Å². The molecule has 28 heavy (non-hydrogen) atoms. The molecule has 1 N–H and O–H groups in total. The van der Waals surface area contributed by atoms with Crippen LogP contribution in [-0.4, -0.2) is 41.5 Å². The van der Waals surface area contributed by atoms with Crippen LogP contribution in [-0.2, 0) is 11.2 Å². The lowest BCUT2D eigenvalue weighted by molar-refractivity contribution is -0.116. The maximum atomic E-state index is 12.5. The lowest BCUT2D eigenvalue weighted by Gasteiger charge is -2.15. The number of hydrogen-bond donors (Lipinski definition) is 1. The molecule has 2 rings (SSSR count). The molecule has 152 valence electrons. The smallest absolute Gasteiger partial charge is 0.224 e. The van der Waals surface area contributed by atoms with Gasteiger partial charge in [0, 0.05) is 18.2 Å². The molecule has 0 heterocycles. The first kappa shape index (κ1) is 21.2. The van der Waals surface area contributed by atoms with Gasteiger partial charge in [0.1, 0.15) is 0 Å². The Morgan fingerprint density at radius 1 is 0.786 bits per heavy atom. The lowest BCUT2D eigenvalue weighted by atomic mass is 10.1. The lowest BCUT2D eigenvalue weighted by Crippen LogP contribution is -2.13. The summed E-state index contributed by atoms with van der Waals surface area (Å²) < 4.78 is 26.6. The molecule has 0 fully saturated rings. The van der Waals surface area contributed by atoms with Crippen molar-refractivity contribution in [1.29, 1.82) is 0 Å². The third-order valence-electron chi connectivity index (χ3n) is 4.37. The molecular weight excluding hydrogens is 362 g/mol. The number of ether oxygens (including phenoxy) is 5. The topological polar surface area (TPSA) is 75.3 Å². The van der Waals surface area contributed by atoms with Gasteiger partial charge < -0.3 is 29.0 Å². The minimum Gasteiger partial charge on any atom is -0.493 e. The molecule has 0 atom stereocenters. The predicted molar refractivity (Wildman–Crippen MR) is 107 cm³/mol. The Bertz CT molecular complexity index is 809. The van der Waals surface area contributed by atoms with Crippen molar-refractivity contribution >= 4 is 11.6 Å². The molecule has 0 bridgehead atoms. The van der Waals surface area contributed by atoms with Crippen LogP contribution in [0.4, 0.5) is 5.69 Å². The van der Waals surface area contributed by atoms with Crippen LogP contribution in [0.2, 0.25) is 0 Å². The Balaban J connectivity index is 2.11. The number of anilines is 1. The zero-order valence-electron chi connectivity index (χ0n) is 17.2. The highest BCUT2D eigenvalue weighted by molar-refractivity contribution is 5.92. The van der Waals surface area contributed by atoms with E-state index < -0.39 is 0 Å². The summed E-state index contributed by atoms with van der Waals surface area (Å²) in [5.41, 5.74) is 2.49. The highest BCUT2D eigenvalue weighted by Crippen LogP contribution is 2.38. The molecule has 0 aliphatic carbocycles. The molecule has 7 heteroatoms. The van der Waals surface area contributed by atoms with Crippen LogP contribution in [0.25, 0.3) is 0 Å². The van der Waals surface area contributed by atoms with Gasteiger partial charge in [-0.25, -0.2) is 0 Å². The third kappa shape index (κ3) is 4.79. The van der Waals surface area contributed by atoms with Crippen molar-refractivity contribution in [2.24, 2.45) is 0 Å². The summed E-state index contributed by atoms with van der Waals surface area (Å²) in [6, 6.07) is 7.27. The van der Waals surface area contributed by atoms with Crippen LogP contribution in [0.5, 0.6) is 28.7 Å². The summed E-state index contributed by atoms with van der Waals surface area (Å²) in [6.07, 6.45) is 0.821. The fraction of sp³-hybridized carbons (Fsp3) is 0.381. The number of hydrogen-bond acceptors (Lipinski definition) is 6. The minimum atomic E-state index is -0.107. The van der Waals surface area contributed by atoms with Gasteiger partial charge in [0.2, 0.25) is 11.7 Å². The van der Waals surface area contributed by atoms with Gasteiger partial charge in [-0.3, -0.25) is 4.79 Å². The maximum absolute atomic E-state index is 12.5. The fourth-order valence-electron chi connectivity index (χ4n) is 2.87. The molecule has 2 aromatic rings. The number of methoxy groups -OCH3 is 5. The van der Waals surface area contributed by atoms with E-state index in [9.17, 15) is 4.79 Å². The molecular formula is C21H27NO6. The molecule has 0 aromatic heterocycles. The number of benzene rings is 2. The van der Waals surface area contributed by atoms with E-state index >= 15 is 0 Å². The summed E-state index contributed by atoms with van der Waals surface area (Å²) in [6.45, 7) is 1.90. The molecule has 0 saturated heterocycles. The second kappa shape index (κ2) is 9.73. The standard InChI is InChI=1S/C21H27NO6/c1-13-9-16(24-2)17(25-3)12-15(13)22-20(23)8-7-14-10-18(26-4)21(28-6)19(11-14)27-5/h9-12H,7-8H2,1-6H3,(H,22,23). The van der Waals surface area contributed by atoms with Crippen molar-refractivity contribution in [2.45, 2.75) is 19.8 Å². The Labute approximate surface area is 165 Å². The average Bonchev–Trinajstić information content (AvgIpc) is 2.72. The van der Waals surface area contributed by atoms with Gasteiger partial charge in [-0.05, 0) is 42.7 Å². The molecule has 0 saturated carbocycles. The molecule has 0 aliphatic heterocycles. The van der Waals surface area contributed by atoms with Crippen molar-refractivity contribution in [3.05, 3.63) is 35.4 Å². The summed E-state index contributed by atoms with van der Waals surface area (Å²) >= 11 is 0. The fourth-order valence-corrected chi connectivity index (χ4v) is 2.87. The zero-order valence-corrected chi connectivity index (χ0v) is 17.2. The van der Waals surface area contributed by atoms with Gasteiger partial charge in [0.05, 0.1) is 35.5 Å². The molecule has 0 aliphatic rings. The normalized spacial score (nSPS) is 10.2. The van der Waals surface area contributed by atoms with Crippen LogP contribution >= 0.6 is 0 Å². The molecule has 0 radical (unpaired) electrons. The number of rotatable bonds is 9. The van der Waals surface area contributed by atoms with E-state index in [1.165, 1.54) is 0 Å². The molecule has 0 spiro atoms. The van der Waals surface area contributed by atoms with Gasteiger partial charge in [-0.2, -0.15) is 0 Å². The van der Waals surface area contributed by atoms with E-state index in [4.69, 9.17) is 23.7 Å². The summed E-state index contributed by atoms with van der Waals surface area (Å²) in [4.78, 5) is 12.5. The number of carbonyl (C=O) groups excluding carboxylic acids is 1. The van der Waals surface area contributed by atoms with Gasteiger partial charge in [-0.1, -0.05) is 0 Å². The van der Waals surface area contributed by atoms with Crippen LogP contribution in [0.15, 0.2) is 24.3 Å². The van der Waals surface area contributed by atoms with E-state index in [-0.39, 0.29) is 5.91 Å². The van der Waals surface area contributed by atoms with Crippen LogP contribution in [0, 0.1) is 6.92 Å². The first-order valence-electron chi connectivity index (χ1n) is 8.78. The quantitative estimate of drug-likeness (QED) is 0.706. The number of carbonyl (C=O) groups is 1. The Hall–Kier alpha value is -3.09. The van der Waals surface area contributed by atoms with E-state index in [2.05, 4.69) is 5.32 Å². The second-order valence-corrected chi connectivity index (χ2v) is 6.10. The first-order valence-corrected chi connectivity index (χ1v) is 8.78. The largest absolute Gasteiger partial charge is 0.493 e. The Morgan fingerprint density at radius 3 is 1.82 bits per heavy atom. The van der Waals surface area contributed by atoms with Gasteiger partial charge >= 0.3 is 0 Å². The number of nitrogens with one attached hydrogen (secondary N) is 1. The van der Waals surface area contributed by atoms with E-state index in [0.29, 0.717) is 47.3 Å². The van der Waals surface area contributed by atoms with Crippen LogP contribution < -0.4 is 29.0 Å². The number of amides is 1. The molecule has 7 nitrogen and oxygen atoms in total. The van der Waals surface area contributed by atoms with Gasteiger partial charge in [0.25, 0.3) is 0 Å². The zero-order chi connectivity index (χ0) is 20.7. The monoisotopic (exact) mass is 389 g/mol. The van der Waals surface area contributed by atoms with Crippen molar-refractivity contribution in [3.63, 3.8) is 0 Å². The minimum absolute atomic E-state index is 0.107. The molecule has 0 unspecified atom stereocenters. The maximum Gasteiger partial charge on any atom is 0.224 e. The molecule has 1 amide bonds. The number of aryl methyl sites for hydroxylation is 2. The SMILES string of the molecule is COc1cc(C)c(NC(=O)CCc2cc(OC)c(OC)c(OC)c2)cc1OC. The van der Waals surface area contributed by atoms with Crippen molar-refractivity contribution < 1.29 is 28.5 Å². The van der Waals surface area contributed by atoms with E-state index in [1.807, 2.05) is 25.1 Å². The Morgan fingerprint density at radius 2 is 1.32 bits per heavy atom. The van der Waals surface area contributed by atoms with Crippen LogP contribution in [0.1, 0.15) is 17.5 Å². The summed E-state index contributed by atoms with van der Waals surface area (Å²) in [7, 11) is 7.82. The predicted octanol–water partition coefficient (Wildman–Crippen LogP) is 3.61. The van der Waals surface area contributed by atoms with Gasteiger partial charge in [-0.15, -0.1) is 0 Å². The van der Waals surface area contributed by atoms with Crippen molar-refractivity contribution in [1.82, 2.24) is 0 Å². The highest BCUT2D eigenvalue weighted by atomic mass is 16.5. The Kier molecular flexibility index (Phi) is 7.37. The van der Waals surface area contributed by atoms with Crippen molar-refractivity contribution in [3.8, 4) is 28.7 Å². The van der Waals surface area contributed by atoms with E-state index in [0.717, 1.165) is 11.1 Å². The van der Waals surface area contributed by atoms with Crippen LogP contribution in [0.3, 0.4) is 0 Å². The average molecular weight is 389 g/mol. The highest BCUT2D eigenvalue weighted by Gasteiger charge is 2.15. The van der Waals surface area contributed by atoms with Gasteiger partial charge in [0.15, 0.2) is 23.0 Å². The van der Waals surface area contributed by atoms with Crippen molar-refractivity contribution in [2.75, 3.05) is 40.9 Å².